The zero-order valence-electron chi connectivity index (χ0n) is 10.7. The third kappa shape index (κ3) is 2.88. The highest BCUT2D eigenvalue weighted by Gasteiger charge is 2.11. The van der Waals surface area contributed by atoms with Gasteiger partial charge in [0.2, 0.25) is 0 Å². The van der Waals surface area contributed by atoms with Crippen LogP contribution in [0.4, 0.5) is 5.69 Å². The lowest BCUT2D eigenvalue weighted by Crippen LogP contribution is -2.13. The van der Waals surface area contributed by atoms with E-state index in [-0.39, 0.29) is 11.7 Å². The van der Waals surface area contributed by atoms with E-state index in [4.69, 9.17) is 11.6 Å². The molecule has 98 valence electrons. The molecule has 19 heavy (non-hydrogen) atoms. The predicted molar refractivity (Wildman–Crippen MR) is 77.0 cm³/mol. The fraction of sp³-hybridized carbons (Fsp3) is 0.133. The highest BCUT2D eigenvalue weighted by molar-refractivity contribution is 6.34. The average molecular weight is 276 g/mol. The van der Waals surface area contributed by atoms with Gasteiger partial charge in [-0.15, -0.1) is 0 Å². The number of benzene rings is 2. The number of nitrogens with one attached hydrogen (secondary N) is 1. The molecule has 1 amide bonds. The number of halogens is 1. The number of phenols is 1. The van der Waals surface area contributed by atoms with Crippen LogP contribution in [-0.2, 0) is 0 Å². The first-order valence-electron chi connectivity index (χ1n) is 5.85. The molecule has 0 fully saturated rings. The van der Waals surface area contributed by atoms with Gasteiger partial charge in [-0.3, -0.25) is 4.79 Å². The Balaban J connectivity index is 2.28. The summed E-state index contributed by atoms with van der Waals surface area (Å²) in [6.45, 7) is 3.64. The molecule has 0 bridgehead atoms. The molecule has 0 unspecified atom stereocenters. The van der Waals surface area contributed by atoms with Crippen LogP contribution in [-0.4, -0.2) is 11.0 Å². The van der Waals surface area contributed by atoms with Gasteiger partial charge in [0, 0.05) is 5.56 Å². The molecule has 0 aliphatic heterocycles. The van der Waals surface area contributed by atoms with Gasteiger partial charge in [0.15, 0.2) is 0 Å². The van der Waals surface area contributed by atoms with E-state index in [1.165, 1.54) is 6.07 Å². The first-order chi connectivity index (χ1) is 8.99. The molecule has 0 heterocycles. The summed E-state index contributed by atoms with van der Waals surface area (Å²) >= 11 is 6.05. The maximum atomic E-state index is 12.1. The highest BCUT2D eigenvalue weighted by atomic mass is 35.5. The van der Waals surface area contributed by atoms with Crippen molar-refractivity contribution in [2.75, 3.05) is 5.32 Å². The Morgan fingerprint density at radius 2 is 1.89 bits per heavy atom. The monoisotopic (exact) mass is 275 g/mol. The highest BCUT2D eigenvalue weighted by Crippen LogP contribution is 2.26. The van der Waals surface area contributed by atoms with E-state index in [9.17, 15) is 9.90 Å². The van der Waals surface area contributed by atoms with E-state index in [1.54, 1.807) is 25.1 Å². The van der Waals surface area contributed by atoms with Crippen LogP contribution in [0.3, 0.4) is 0 Å². The third-order valence-corrected chi connectivity index (χ3v) is 3.25. The SMILES string of the molecule is Cc1ccc(C(=O)Nc2c(C)cccc2Cl)cc1O. The van der Waals surface area contributed by atoms with Crippen LogP contribution in [0.1, 0.15) is 21.5 Å². The van der Waals surface area contributed by atoms with Gasteiger partial charge in [0.1, 0.15) is 5.75 Å². The summed E-state index contributed by atoms with van der Waals surface area (Å²) in [6, 6.07) is 10.2. The van der Waals surface area contributed by atoms with E-state index in [1.807, 2.05) is 19.1 Å². The average Bonchev–Trinajstić information content (AvgIpc) is 2.37. The van der Waals surface area contributed by atoms with Crippen molar-refractivity contribution < 1.29 is 9.90 Å². The van der Waals surface area contributed by atoms with Crippen molar-refractivity contribution in [3.05, 3.63) is 58.1 Å². The number of aryl methyl sites for hydroxylation is 2. The lowest BCUT2D eigenvalue weighted by atomic mass is 10.1. The molecular formula is C15H14ClNO2. The van der Waals surface area contributed by atoms with Crippen LogP contribution in [0.25, 0.3) is 0 Å². The van der Waals surface area contributed by atoms with Gasteiger partial charge in [-0.2, -0.15) is 0 Å². The lowest BCUT2D eigenvalue weighted by Gasteiger charge is -2.10. The summed E-state index contributed by atoms with van der Waals surface area (Å²) in [4.78, 5) is 12.1. The smallest absolute Gasteiger partial charge is 0.255 e. The Bertz CT molecular complexity index is 618. The molecule has 0 spiro atoms. The fourth-order valence-electron chi connectivity index (χ4n) is 1.73. The molecule has 3 nitrogen and oxygen atoms in total. The van der Waals surface area contributed by atoms with Crippen LogP contribution in [0.15, 0.2) is 36.4 Å². The molecule has 0 saturated carbocycles. The first-order valence-corrected chi connectivity index (χ1v) is 6.23. The van der Waals surface area contributed by atoms with E-state index < -0.39 is 0 Å². The van der Waals surface area contributed by atoms with Crippen molar-refractivity contribution >= 4 is 23.2 Å². The van der Waals surface area contributed by atoms with E-state index in [0.717, 1.165) is 11.1 Å². The minimum absolute atomic E-state index is 0.100. The number of amides is 1. The molecule has 0 radical (unpaired) electrons. The summed E-state index contributed by atoms with van der Waals surface area (Å²) in [5, 5.41) is 12.9. The summed E-state index contributed by atoms with van der Waals surface area (Å²) in [5.74, 6) is -0.199. The van der Waals surface area contributed by atoms with Crippen LogP contribution in [0.5, 0.6) is 5.75 Å². The third-order valence-electron chi connectivity index (χ3n) is 2.93. The number of carbonyl (C=O) groups is 1. The number of para-hydroxylation sites is 1. The molecule has 0 aliphatic rings. The molecule has 0 saturated heterocycles. The summed E-state index contributed by atoms with van der Waals surface area (Å²) in [7, 11) is 0. The van der Waals surface area contributed by atoms with E-state index in [2.05, 4.69) is 5.32 Å². The zero-order valence-corrected chi connectivity index (χ0v) is 11.5. The van der Waals surface area contributed by atoms with Gasteiger partial charge in [-0.05, 0) is 43.2 Å². The Morgan fingerprint density at radius 3 is 2.53 bits per heavy atom. The fourth-order valence-corrected chi connectivity index (χ4v) is 2.00. The first kappa shape index (κ1) is 13.4. The molecule has 0 atom stereocenters. The Morgan fingerprint density at radius 1 is 1.16 bits per heavy atom. The minimum Gasteiger partial charge on any atom is -0.508 e. The molecular weight excluding hydrogens is 262 g/mol. The molecule has 4 heteroatoms. The van der Waals surface area contributed by atoms with Crippen molar-refractivity contribution in [1.29, 1.82) is 0 Å². The van der Waals surface area contributed by atoms with Crippen molar-refractivity contribution in [3.63, 3.8) is 0 Å². The maximum Gasteiger partial charge on any atom is 0.255 e. The minimum atomic E-state index is -0.300. The number of carbonyl (C=O) groups excluding carboxylic acids is 1. The molecule has 0 aromatic heterocycles. The zero-order chi connectivity index (χ0) is 14.0. The molecule has 2 N–H and O–H groups in total. The van der Waals surface area contributed by atoms with Gasteiger partial charge in [0.25, 0.3) is 5.91 Å². The van der Waals surface area contributed by atoms with Gasteiger partial charge in [-0.1, -0.05) is 29.8 Å². The van der Waals surface area contributed by atoms with E-state index in [0.29, 0.717) is 16.3 Å². The quantitative estimate of drug-likeness (QED) is 0.873. The Hall–Kier alpha value is -2.00. The number of hydrogen-bond donors (Lipinski definition) is 2. The van der Waals surface area contributed by atoms with Crippen LogP contribution < -0.4 is 5.32 Å². The second-order valence-corrected chi connectivity index (χ2v) is 4.79. The molecule has 2 rings (SSSR count). The largest absolute Gasteiger partial charge is 0.508 e. The van der Waals surface area contributed by atoms with Gasteiger partial charge in [-0.25, -0.2) is 0 Å². The second kappa shape index (κ2) is 5.33. The number of aromatic hydroxyl groups is 1. The van der Waals surface area contributed by atoms with Crippen LogP contribution in [0.2, 0.25) is 5.02 Å². The second-order valence-electron chi connectivity index (χ2n) is 4.39. The van der Waals surface area contributed by atoms with Crippen molar-refractivity contribution in [2.45, 2.75) is 13.8 Å². The van der Waals surface area contributed by atoms with Crippen molar-refractivity contribution in [3.8, 4) is 5.75 Å². The Labute approximate surface area is 116 Å². The number of phenolic OH excluding ortho intramolecular Hbond substituents is 1. The predicted octanol–water partition coefficient (Wildman–Crippen LogP) is 3.91. The van der Waals surface area contributed by atoms with Crippen LogP contribution >= 0.6 is 11.6 Å². The van der Waals surface area contributed by atoms with Gasteiger partial charge >= 0.3 is 0 Å². The Kier molecular flexibility index (Phi) is 3.76. The summed E-state index contributed by atoms with van der Waals surface area (Å²) in [5.41, 5.74) is 2.60. The van der Waals surface area contributed by atoms with E-state index >= 15 is 0 Å². The number of anilines is 1. The summed E-state index contributed by atoms with van der Waals surface area (Å²) in [6.07, 6.45) is 0. The number of hydrogen-bond acceptors (Lipinski definition) is 2. The molecule has 2 aromatic rings. The normalized spacial score (nSPS) is 10.3. The topological polar surface area (TPSA) is 49.3 Å². The van der Waals surface area contributed by atoms with Gasteiger partial charge in [0.05, 0.1) is 10.7 Å². The lowest BCUT2D eigenvalue weighted by molar-refractivity contribution is 0.102. The molecule has 2 aromatic carbocycles. The summed E-state index contributed by atoms with van der Waals surface area (Å²) < 4.78 is 0. The van der Waals surface area contributed by atoms with Crippen molar-refractivity contribution in [2.24, 2.45) is 0 Å². The van der Waals surface area contributed by atoms with Crippen molar-refractivity contribution in [1.82, 2.24) is 0 Å². The number of rotatable bonds is 2. The van der Waals surface area contributed by atoms with Crippen LogP contribution in [0, 0.1) is 13.8 Å². The standard InChI is InChI=1S/C15H14ClNO2/c1-9-6-7-11(8-13(9)18)15(19)17-14-10(2)4-3-5-12(14)16/h3-8,18H,1-2H3,(H,17,19). The maximum absolute atomic E-state index is 12.1. The molecule has 0 aliphatic carbocycles. The van der Waals surface area contributed by atoms with Gasteiger partial charge < -0.3 is 10.4 Å².